The van der Waals surface area contributed by atoms with Crippen LogP contribution in [-0.4, -0.2) is 49.0 Å². The summed E-state index contributed by atoms with van der Waals surface area (Å²) >= 11 is 0.993. The molecule has 0 N–H and O–H groups in total. The predicted molar refractivity (Wildman–Crippen MR) is 15.9 cm³/mol. The molecule has 0 bridgehead atoms. The number of rotatable bonds is 0. The zero-order chi connectivity index (χ0) is 2.71. The number of hydrogen-bond acceptors (Lipinski definition) is 0. The molecule has 0 heterocycles. The first-order valence-corrected chi connectivity index (χ1v) is 3.42. The van der Waals surface area contributed by atoms with Crippen molar-refractivity contribution in [3.63, 3.8) is 0 Å². The van der Waals surface area contributed by atoms with Gasteiger partial charge in [-0.25, -0.2) is 0 Å². The van der Waals surface area contributed by atoms with Gasteiger partial charge in [-0.1, -0.05) is 0 Å². The van der Waals surface area contributed by atoms with E-state index in [0.29, 0.717) is 0 Å². The molecule has 2 radical (unpaired) electrons. The van der Waals surface area contributed by atoms with Crippen LogP contribution in [0.15, 0.2) is 0 Å². The van der Waals surface area contributed by atoms with Gasteiger partial charge in [0.1, 0.15) is 0 Å². The van der Waals surface area contributed by atoms with Gasteiger partial charge in [-0.2, -0.15) is 0 Å². The molecule has 0 aliphatic carbocycles. The van der Waals surface area contributed by atoms with Crippen molar-refractivity contribution >= 4 is 49.0 Å². The van der Waals surface area contributed by atoms with E-state index in [1.165, 1.54) is 0.515 Å². The smallest absolute Gasteiger partial charge is 0 e. The molecule has 0 fully saturated rings. The molecule has 0 saturated heterocycles. The van der Waals surface area contributed by atoms with Gasteiger partial charge >= 0.3 is 56.4 Å². The van der Waals surface area contributed by atoms with Gasteiger partial charge in [0.2, 0.25) is 0 Å². The summed E-state index contributed by atoms with van der Waals surface area (Å²) in [7, 11) is 0. The van der Waals surface area contributed by atoms with E-state index < -0.39 is 0 Å². The van der Waals surface area contributed by atoms with Crippen LogP contribution < -0.4 is 0 Å². The van der Waals surface area contributed by atoms with Crippen molar-refractivity contribution in [2.24, 2.45) is 0 Å². The quantitative estimate of drug-likeness (QED) is 0.417. The molecule has 24 valence electrons. The molecule has 0 aromatic carbocycles. The van der Waals surface area contributed by atoms with E-state index in [-0.39, 0.29) is 17.1 Å². The molecule has 0 saturated carbocycles. The second kappa shape index (κ2) is 8.94. The molecule has 4 heavy (non-hydrogen) atoms. The third-order valence-electron chi connectivity index (χ3n) is 0. The summed E-state index contributed by atoms with van der Waals surface area (Å²) in [6.45, 7) is 3.57. The molecule has 0 rings (SSSR count). The summed E-state index contributed by atoms with van der Waals surface area (Å²) in [6, 6.07) is 0. The Morgan fingerprint density at radius 3 is 1.75 bits per heavy atom. The molecule has 0 nitrogen and oxygen atoms in total. The maximum Gasteiger partial charge on any atom is 0 e. The summed E-state index contributed by atoms with van der Waals surface area (Å²) < 4.78 is 1.19. The fourth-order valence-corrected chi connectivity index (χ4v) is 0. The van der Waals surface area contributed by atoms with E-state index in [1.807, 2.05) is 0 Å². The first-order chi connectivity index (χ1) is 1.41. The van der Waals surface area contributed by atoms with Crippen LogP contribution in [0.5, 0.6) is 0 Å². The summed E-state index contributed by atoms with van der Waals surface area (Å²) in [4.78, 5) is 0. The van der Waals surface area contributed by atoms with Crippen LogP contribution in [0.4, 0.5) is 0 Å². The van der Waals surface area contributed by atoms with E-state index in [9.17, 15) is 0 Å². The zero-order valence-corrected chi connectivity index (χ0v) is 6.78. The minimum absolute atomic E-state index is 0. The average Bonchev–Trinajstić information content (AvgIpc) is 0.918. The Hall–Kier alpha value is 2.16. The zero-order valence-electron chi connectivity index (χ0n) is 2.72. The van der Waals surface area contributed by atoms with Crippen LogP contribution in [-0.2, 0) is 17.1 Å². The normalized spacial score (nSPS) is 4.75. The molecular formula is C2H4CuK. The third kappa shape index (κ3) is 8.91. The van der Waals surface area contributed by atoms with Gasteiger partial charge in [-0.3, -0.25) is 0 Å². The van der Waals surface area contributed by atoms with Crippen LogP contribution >= 0.6 is 0 Å². The molecule has 0 amide bonds. The second-order valence-corrected chi connectivity index (χ2v) is 2.06. The standard InChI is InChI=1S/C2H4.Cu.K/c1-2;;/h1-2H2;;. The van der Waals surface area contributed by atoms with Crippen molar-refractivity contribution in [2.45, 2.75) is 0.515 Å². The van der Waals surface area contributed by atoms with E-state index in [2.05, 4.69) is 6.92 Å². The van der Waals surface area contributed by atoms with Gasteiger partial charge in [0.25, 0.3) is 0 Å². The topological polar surface area (TPSA) is 0 Å². The molecule has 0 aromatic rings. The first kappa shape index (κ1) is 9.47. The monoisotopic (exact) mass is 130 g/mol. The summed E-state index contributed by atoms with van der Waals surface area (Å²) in [6.07, 6.45) is 0. The Balaban J connectivity index is 0. The van der Waals surface area contributed by atoms with Gasteiger partial charge in [-0.05, 0) is 0 Å². The molecular weight excluding hydrogens is 127 g/mol. The Labute approximate surface area is 71.8 Å². The minimum Gasteiger partial charge on any atom is 0 e. The van der Waals surface area contributed by atoms with E-state index in [4.69, 9.17) is 0 Å². The van der Waals surface area contributed by atoms with Crippen molar-refractivity contribution in [1.82, 2.24) is 0 Å². The van der Waals surface area contributed by atoms with Crippen LogP contribution in [0.25, 0.3) is 0 Å². The fraction of sp³-hybridized carbons (Fsp3) is 0.500. The van der Waals surface area contributed by atoms with E-state index in [0.717, 1.165) is 49.0 Å². The molecule has 2 heteroatoms. The fourth-order valence-electron chi connectivity index (χ4n) is 0. The minimum atomic E-state index is 0. The van der Waals surface area contributed by atoms with Gasteiger partial charge in [0.05, 0.1) is 0 Å². The molecule has 0 aromatic heterocycles. The van der Waals surface area contributed by atoms with E-state index in [1.54, 1.807) is 0 Å². The summed E-state index contributed by atoms with van der Waals surface area (Å²) in [5.74, 6) is 0. The van der Waals surface area contributed by atoms with Gasteiger partial charge in [0, 0.05) is 17.1 Å². The van der Waals surface area contributed by atoms with Crippen molar-refractivity contribution in [2.75, 3.05) is 0 Å². The molecule has 0 atom stereocenters. The molecule has 0 unspecified atom stereocenters. The summed E-state index contributed by atoms with van der Waals surface area (Å²) in [5, 5.41) is 0. The Morgan fingerprint density at radius 2 is 1.75 bits per heavy atom. The van der Waals surface area contributed by atoms with Gasteiger partial charge in [0.15, 0.2) is 0 Å². The van der Waals surface area contributed by atoms with E-state index >= 15 is 0 Å². The maximum absolute atomic E-state index is 3.57. The van der Waals surface area contributed by atoms with Crippen molar-refractivity contribution in [3.8, 4) is 0 Å². The van der Waals surface area contributed by atoms with Gasteiger partial charge < -0.3 is 0 Å². The molecule has 0 aliphatic heterocycles. The Morgan fingerprint density at radius 1 is 1.75 bits per heavy atom. The third-order valence-corrected chi connectivity index (χ3v) is 0. The first-order valence-electron chi connectivity index (χ1n) is 1.21. The summed E-state index contributed by atoms with van der Waals surface area (Å²) in [5.41, 5.74) is 0. The number of hydrogen-bond donors (Lipinski definition) is 0. The largest absolute Gasteiger partial charge is 0 e. The maximum atomic E-state index is 3.57. The van der Waals surface area contributed by atoms with Crippen LogP contribution in [0.1, 0.15) is 0 Å². The molecule has 0 spiro atoms. The van der Waals surface area contributed by atoms with Crippen LogP contribution in [0.2, 0.25) is 0.515 Å². The second-order valence-electron chi connectivity index (χ2n) is 0.500. The van der Waals surface area contributed by atoms with Crippen molar-refractivity contribution in [3.05, 3.63) is 6.92 Å². The molecule has 0 aliphatic rings. The van der Waals surface area contributed by atoms with Crippen LogP contribution in [0.3, 0.4) is 0 Å². The Kier molecular flexibility index (Phi) is 21.2. The average molecular weight is 131 g/mol. The van der Waals surface area contributed by atoms with Crippen molar-refractivity contribution < 1.29 is 17.1 Å². The van der Waals surface area contributed by atoms with Crippen LogP contribution in [0, 0.1) is 6.92 Å². The van der Waals surface area contributed by atoms with Gasteiger partial charge in [-0.15, -0.1) is 0 Å². The SMILES string of the molecule is [CH2][CH2][K].[Cu]. The Bertz CT molecular complexity index is 6.00. The predicted octanol–water partition coefficient (Wildman–Crippen LogP) is 0.405. The van der Waals surface area contributed by atoms with Crippen molar-refractivity contribution in [1.29, 1.82) is 0 Å².